The summed E-state index contributed by atoms with van der Waals surface area (Å²) in [5.41, 5.74) is 0. The van der Waals surface area contributed by atoms with Gasteiger partial charge in [-0.25, -0.2) is 0 Å². The first-order valence-corrected chi connectivity index (χ1v) is 7.65. The molecule has 0 aliphatic rings. The van der Waals surface area contributed by atoms with Crippen LogP contribution >= 0.6 is 16.2 Å². The van der Waals surface area contributed by atoms with Crippen molar-refractivity contribution in [3.05, 3.63) is 54.6 Å². The van der Waals surface area contributed by atoms with Gasteiger partial charge in [-0.15, -0.1) is 0 Å². The highest BCUT2D eigenvalue weighted by Crippen LogP contribution is 2.32. The van der Waals surface area contributed by atoms with E-state index in [0.29, 0.717) is 8.58 Å². The summed E-state index contributed by atoms with van der Waals surface area (Å²) in [5, 5.41) is 2.34. The van der Waals surface area contributed by atoms with Crippen molar-refractivity contribution in [2.24, 2.45) is 0 Å². The predicted molar refractivity (Wildman–Crippen MR) is 72.1 cm³/mol. The SMILES string of the molecule is O=P(O)(O)c1ccc(Pc2ccccc2)cc1. The van der Waals surface area contributed by atoms with Gasteiger partial charge in [-0.1, -0.05) is 51.0 Å². The number of rotatable bonds is 3. The molecule has 0 spiro atoms. The highest BCUT2D eigenvalue weighted by molar-refractivity contribution is 7.60. The van der Waals surface area contributed by atoms with Gasteiger partial charge in [0.1, 0.15) is 0 Å². The van der Waals surface area contributed by atoms with Crippen molar-refractivity contribution >= 4 is 32.1 Å². The van der Waals surface area contributed by atoms with Gasteiger partial charge in [0.2, 0.25) is 0 Å². The molecular formula is C12H12O3P2. The second-order valence-corrected chi connectivity index (χ2v) is 6.59. The lowest BCUT2D eigenvalue weighted by atomic mass is 10.4. The van der Waals surface area contributed by atoms with Crippen LogP contribution in [-0.4, -0.2) is 9.79 Å². The summed E-state index contributed by atoms with van der Waals surface area (Å²) in [5.74, 6) is 0. The van der Waals surface area contributed by atoms with Crippen LogP contribution in [0.15, 0.2) is 54.6 Å². The Bertz CT molecular complexity index is 531. The molecule has 2 aromatic carbocycles. The largest absolute Gasteiger partial charge is 0.356 e. The molecule has 3 nitrogen and oxygen atoms in total. The normalized spacial score (nSPS) is 12.1. The molecule has 17 heavy (non-hydrogen) atoms. The van der Waals surface area contributed by atoms with Crippen LogP contribution in [0.2, 0.25) is 0 Å². The molecule has 0 aromatic heterocycles. The maximum atomic E-state index is 11.0. The van der Waals surface area contributed by atoms with Crippen molar-refractivity contribution in [3.8, 4) is 0 Å². The first kappa shape index (κ1) is 12.5. The molecule has 5 heteroatoms. The lowest BCUT2D eigenvalue weighted by molar-refractivity contribution is 0.387. The average Bonchev–Trinajstić information content (AvgIpc) is 2.30. The molecule has 0 radical (unpaired) electrons. The van der Waals surface area contributed by atoms with Crippen LogP contribution in [0.1, 0.15) is 0 Å². The summed E-state index contributed by atoms with van der Waals surface area (Å²) in [6, 6.07) is 16.5. The maximum absolute atomic E-state index is 11.0. The fraction of sp³-hybridized carbons (Fsp3) is 0. The molecule has 2 N–H and O–H groups in total. The zero-order chi connectivity index (χ0) is 12.3. The molecule has 0 heterocycles. The zero-order valence-corrected chi connectivity index (χ0v) is 10.8. The lowest BCUT2D eigenvalue weighted by Crippen LogP contribution is -2.08. The Morgan fingerprint density at radius 2 is 1.35 bits per heavy atom. The third kappa shape index (κ3) is 3.49. The summed E-state index contributed by atoms with van der Waals surface area (Å²) in [6.45, 7) is 0. The number of hydrogen-bond donors (Lipinski definition) is 2. The van der Waals surface area contributed by atoms with E-state index in [0.717, 1.165) is 5.30 Å². The standard InChI is InChI=1S/C12H12O3P2/c13-17(14,15)12-8-6-11(7-9-12)16-10-4-2-1-3-5-10/h1-9,16H,(H2,13,14,15). The molecule has 0 saturated heterocycles. The highest BCUT2D eigenvalue weighted by atomic mass is 31.2. The molecule has 0 aliphatic carbocycles. The molecule has 1 unspecified atom stereocenters. The Morgan fingerprint density at radius 3 is 1.88 bits per heavy atom. The van der Waals surface area contributed by atoms with Gasteiger partial charge in [0.05, 0.1) is 5.30 Å². The first-order valence-electron chi connectivity index (χ1n) is 5.04. The van der Waals surface area contributed by atoms with Crippen molar-refractivity contribution in [1.82, 2.24) is 0 Å². The van der Waals surface area contributed by atoms with E-state index in [1.54, 1.807) is 12.1 Å². The molecule has 0 fully saturated rings. The van der Waals surface area contributed by atoms with Crippen LogP contribution in [0.4, 0.5) is 0 Å². The Labute approximate surface area is 101 Å². The van der Waals surface area contributed by atoms with E-state index in [9.17, 15) is 4.57 Å². The highest BCUT2D eigenvalue weighted by Gasteiger charge is 2.15. The molecule has 0 amide bonds. The van der Waals surface area contributed by atoms with Gasteiger partial charge in [-0.2, -0.15) is 0 Å². The van der Waals surface area contributed by atoms with E-state index < -0.39 is 7.60 Å². The Hall–Kier alpha value is -0.980. The molecule has 88 valence electrons. The predicted octanol–water partition coefficient (Wildman–Crippen LogP) is 1.12. The molecule has 2 rings (SSSR count). The van der Waals surface area contributed by atoms with Gasteiger partial charge >= 0.3 is 7.60 Å². The van der Waals surface area contributed by atoms with Gasteiger partial charge in [0.25, 0.3) is 0 Å². The minimum absolute atomic E-state index is 0.0686. The molecule has 1 atom stereocenters. The molecule has 0 bridgehead atoms. The number of benzene rings is 2. The Balaban J connectivity index is 2.17. The molecular weight excluding hydrogens is 254 g/mol. The van der Waals surface area contributed by atoms with Crippen LogP contribution in [0.5, 0.6) is 0 Å². The summed E-state index contributed by atoms with van der Waals surface area (Å²) in [4.78, 5) is 18.0. The Morgan fingerprint density at radius 1 is 0.824 bits per heavy atom. The third-order valence-corrected chi connectivity index (χ3v) is 4.48. The van der Waals surface area contributed by atoms with E-state index in [1.165, 1.54) is 17.4 Å². The van der Waals surface area contributed by atoms with Crippen LogP contribution < -0.4 is 15.9 Å². The van der Waals surface area contributed by atoms with Gasteiger partial charge in [0, 0.05) is 0 Å². The van der Waals surface area contributed by atoms with Crippen LogP contribution in [0, 0.1) is 0 Å². The van der Waals surface area contributed by atoms with Gasteiger partial charge < -0.3 is 9.79 Å². The van der Waals surface area contributed by atoms with E-state index >= 15 is 0 Å². The smallest absolute Gasteiger partial charge is 0.321 e. The van der Waals surface area contributed by atoms with E-state index in [4.69, 9.17) is 9.79 Å². The van der Waals surface area contributed by atoms with E-state index in [-0.39, 0.29) is 5.30 Å². The fourth-order valence-electron chi connectivity index (χ4n) is 1.43. The van der Waals surface area contributed by atoms with Crippen LogP contribution in [0.25, 0.3) is 0 Å². The lowest BCUT2D eigenvalue weighted by Gasteiger charge is -2.05. The third-order valence-electron chi connectivity index (χ3n) is 2.27. The van der Waals surface area contributed by atoms with Gasteiger partial charge in [0.15, 0.2) is 0 Å². The minimum atomic E-state index is -4.12. The van der Waals surface area contributed by atoms with Crippen molar-refractivity contribution < 1.29 is 14.4 Å². The summed E-state index contributed by atoms with van der Waals surface area (Å²) in [6.07, 6.45) is 0. The molecule has 0 saturated carbocycles. The number of hydrogen-bond acceptors (Lipinski definition) is 1. The average molecular weight is 266 g/mol. The molecule has 0 aliphatic heterocycles. The monoisotopic (exact) mass is 266 g/mol. The quantitative estimate of drug-likeness (QED) is 0.818. The zero-order valence-electron chi connectivity index (χ0n) is 8.95. The van der Waals surface area contributed by atoms with Gasteiger partial charge in [-0.3, -0.25) is 4.57 Å². The van der Waals surface area contributed by atoms with Crippen molar-refractivity contribution in [2.45, 2.75) is 0 Å². The van der Waals surface area contributed by atoms with Crippen molar-refractivity contribution in [2.75, 3.05) is 0 Å². The van der Waals surface area contributed by atoms with E-state index in [1.807, 2.05) is 30.3 Å². The maximum Gasteiger partial charge on any atom is 0.356 e. The first-order chi connectivity index (χ1) is 8.05. The fourth-order valence-corrected chi connectivity index (χ4v) is 2.99. The topological polar surface area (TPSA) is 57.5 Å². The summed E-state index contributed by atoms with van der Waals surface area (Å²) >= 11 is 0. The van der Waals surface area contributed by atoms with Crippen LogP contribution in [-0.2, 0) is 4.57 Å². The Kier molecular flexibility index (Phi) is 3.76. The summed E-state index contributed by atoms with van der Waals surface area (Å²) < 4.78 is 11.0. The summed E-state index contributed by atoms with van der Waals surface area (Å²) in [7, 11) is -3.61. The van der Waals surface area contributed by atoms with Gasteiger partial charge in [-0.05, 0) is 22.7 Å². The molecule has 2 aromatic rings. The second-order valence-electron chi connectivity index (χ2n) is 3.58. The van der Waals surface area contributed by atoms with E-state index in [2.05, 4.69) is 0 Å². The van der Waals surface area contributed by atoms with Crippen molar-refractivity contribution in [3.63, 3.8) is 0 Å². The minimum Gasteiger partial charge on any atom is -0.321 e. The van der Waals surface area contributed by atoms with Crippen LogP contribution in [0.3, 0.4) is 0 Å². The van der Waals surface area contributed by atoms with Crippen molar-refractivity contribution in [1.29, 1.82) is 0 Å². The second kappa shape index (κ2) is 5.12.